The van der Waals surface area contributed by atoms with E-state index in [4.69, 9.17) is 0 Å². The van der Waals surface area contributed by atoms with Crippen molar-refractivity contribution in [3.63, 3.8) is 0 Å². The summed E-state index contributed by atoms with van der Waals surface area (Å²) < 4.78 is 36.9. The van der Waals surface area contributed by atoms with Gasteiger partial charge in [0.1, 0.15) is 5.82 Å². The van der Waals surface area contributed by atoms with E-state index in [0.29, 0.717) is 19.1 Å². The molecule has 1 saturated carbocycles. The topological polar surface area (TPSA) is 49.4 Å². The molecule has 0 aromatic heterocycles. The Kier molecular flexibility index (Phi) is 3.92. The van der Waals surface area contributed by atoms with Crippen LogP contribution in [0.15, 0.2) is 18.2 Å². The van der Waals surface area contributed by atoms with E-state index < -0.39 is 9.84 Å². The molecule has 4 nitrogen and oxygen atoms in total. The fraction of sp³-hybridized carbons (Fsp3) is 0.600. The van der Waals surface area contributed by atoms with E-state index in [1.54, 1.807) is 12.1 Å². The van der Waals surface area contributed by atoms with E-state index in [1.165, 1.54) is 18.9 Å². The van der Waals surface area contributed by atoms with Crippen molar-refractivity contribution in [1.29, 1.82) is 0 Å². The Balaban J connectivity index is 1.82. The third-order valence-electron chi connectivity index (χ3n) is 4.18. The van der Waals surface area contributed by atoms with Crippen LogP contribution in [-0.4, -0.2) is 38.6 Å². The molecule has 21 heavy (non-hydrogen) atoms. The molecule has 2 aliphatic rings. The smallest absolute Gasteiger partial charge is 0.154 e. The lowest BCUT2D eigenvalue weighted by atomic mass is 10.1. The van der Waals surface area contributed by atoms with E-state index in [-0.39, 0.29) is 23.4 Å². The normalized spacial score (nSPS) is 25.0. The number of sulfone groups is 1. The lowest BCUT2D eigenvalue weighted by molar-refractivity contribution is 0.566. The van der Waals surface area contributed by atoms with Gasteiger partial charge in [0.2, 0.25) is 0 Å². The summed E-state index contributed by atoms with van der Waals surface area (Å²) in [6, 6.07) is 5.26. The fourth-order valence-electron chi connectivity index (χ4n) is 2.87. The van der Waals surface area contributed by atoms with Gasteiger partial charge in [-0.25, -0.2) is 12.8 Å². The standard InChI is InChI=1S/C15H21FN2O2S/c1-11-10-21(19,20)7-6-18(11)15-5-2-13(16)8-12(15)9-17-14-3-4-14/h2,5,8,11,14,17H,3-4,6-7,9-10H2,1H3. The fourth-order valence-corrected chi connectivity index (χ4v) is 4.43. The third kappa shape index (κ3) is 3.55. The maximum absolute atomic E-state index is 13.5. The monoisotopic (exact) mass is 312 g/mol. The molecular weight excluding hydrogens is 291 g/mol. The van der Waals surface area contributed by atoms with Crippen molar-refractivity contribution in [1.82, 2.24) is 5.32 Å². The van der Waals surface area contributed by atoms with Crippen molar-refractivity contribution in [3.8, 4) is 0 Å². The number of benzene rings is 1. The molecule has 1 aliphatic carbocycles. The van der Waals surface area contributed by atoms with Crippen molar-refractivity contribution >= 4 is 15.5 Å². The molecule has 1 saturated heterocycles. The Labute approximate surface area is 125 Å². The summed E-state index contributed by atoms with van der Waals surface area (Å²) >= 11 is 0. The highest BCUT2D eigenvalue weighted by atomic mass is 32.2. The maximum Gasteiger partial charge on any atom is 0.154 e. The first-order chi connectivity index (χ1) is 9.94. The minimum atomic E-state index is -2.94. The van der Waals surface area contributed by atoms with Crippen LogP contribution in [0.2, 0.25) is 0 Å². The highest BCUT2D eigenvalue weighted by Gasteiger charge is 2.29. The number of nitrogens with zero attached hydrogens (tertiary/aromatic N) is 1. The van der Waals surface area contributed by atoms with Crippen LogP contribution in [0.25, 0.3) is 0 Å². The molecule has 1 unspecified atom stereocenters. The Hall–Kier alpha value is -1.14. The Morgan fingerprint density at radius 1 is 1.38 bits per heavy atom. The molecule has 3 rings (SSSR count). The zero-order chi connectivity index (χ0) is 15.0. The third-order valence-corrected chi connectivity index (χ3v) is 5.97. The Morgan fingerprint density at radius 3 is 2.81 bits per heavy atom. The minimum Gasteiger partial charge on any atom is -0.367 e. The summed E-state index contributed by atoms with van der Waals surface area (Å²) in [6.07, 6.45) is 2.37. The van der Waals surface area contributed by atoms with Crippen molar-refractivity contribution in [3.05, 3.63) is 29.6 Å². The van der Waals surface area contributed by atoms with Crippen LogP contribution in [-0.2, 0) is 16.4 Å². The zero-order valence-electron chi connectivity index (χ0n) is 12.2. The van der Waals surface area contributed by atoms with Crippen LogP contribution in [0.5, 0.6) is 0 Å². The molecule has 2 fully saturated rings. The molecule has 116 valence electrons. The predicted molar refractivity (Wildman–Crippen MR) is 81.7 cm³/mol. The molecular formula is C15H21FN2O2S. The molecule has 0 amide bonds. The van der Waals surface area contributed by atoms with Crippen molar-refractivity contribution in [2.24, 2.45) is 0 Å². The summed E-state index contributed by atoms with van der Waals surface area (Å²) in [6.45, 7) is 3.03. The maximum atomic E-state index is 13.5. The predicted octanol–water partition coefficient (Wildman–Crippen LogP) is 1.70. The summed E-state index contributed by atoms with van der Waals surface area (Å²) in [5.41, 5.74) is 1.86. The highest BCUT2D eigenvalue weighted by molar-refractivity contribution is 7.91. The Morgan fingerprint density at radius 2 is 2.14 bits per heavy atom. The van der Waals surface area contributed by atoms with E-state index in [9.17, 15) is 12.8 Å². The van der Waals surface area contributed by atoms with Gasteiger partial charge in [0.25, 0.3) is 0 Å². The first-order valence-electron chi connectivity index (χ1n) is 7.43. The largest absolute Gasteiger partial charge is 0.367 e. The molecule has 0 radical (unpaired) electrons. The molecule has 1 aromatic carbocycles. The quantitative estimate of drug-likeness (QED) is 0.919. The minimum absolute atomic E-state index is 0.0751. The first-order valence-corrected chi connectivity index (χ1v) is 9.25. The zero-order valence-corrected chi connectivity index (χ0v) is 13.0. The van der Waals surface area contributed by atoms with Crippen molar-refractivity contribution in [2.45, 2.75) is 38.4 Å². The van der Waals surface area contributed by atoms with Crippen LogP contribution in [0.1, 0.15) is 25.3 Å². The van der Waals surface area contributed by atoms with Crippen molar-refractivity contribution in [2.75, 3.05) is 23.0 Å². The van der Waals surface area contributed by atoms with E-state index in [2.05, 4.69) is 10.2 Å². The Bertz CT molecular complexity index is 629. The molecule has 1 N–H and O–H groups in total. The first kappa shape index (κ1) is 14.8. The van der Waals surface area contributed by atoms with Crippen LogP contribution in [0.3, 0.4) is 0 Å². The SMILES string of the molecule is CC1CS(=O)(=O)CCN1c1ccc(F)cc1CNC1CC1. The van der Waals surface area contributed by atoms with Gasteiger partial charge in [-0.1, -0.05) is 0 Å². The van der Waals surface area contributed by atoms with Gasteiger partial charge in [-0.15, -0.1) is 0 Å². The van der Waals surface area contributed by atoms with Crippen LogP contribution in [0.4, 0.5) is 10.1 Å². The van der Waals surface area contributed by atoms with Crippen molar-refractivity contribution < 1.29 is 12.8 Å². The average molecular weight is 312 g/mol. The lowest BCUT2D eigenvalue weighted by Gasteiger charge is -2.36. The van der Waals surface area contributed by atoms with E-state index in [1.807, 2.05) is 6.92 Å². The van der Waals surface area contributed by atoms with Gasteiger partial charge >= 0.3 is 0 Å². The van der Waals surface area contributed by atoms with Gasteiger partial charge in [-0.2, -0.15) is 0 Å². The molecule has 1 atom stereocenters. The van der Waals surface area contributed by atoms with Crippen LogP contribution < -0.4 is 10.2 Å². The second kappa shape index (κ2) is 5.57. The molecule has 6 heteroatoms. The second-order valence-corrected chi connectivity index (χ2v) is 8.31. The van der Waals surface area contributed by atoms with Gasteiger partial charge in [0, 0.05) is 30.9 Å². The van der Waals surface area contributed by atoms with E-state index >= 15 is 0 Å². The summed E-state index contributed by atoms with van der Waals surface area (Å²) in [7, 11) is -2.94. The highest BCUT2D eigenvalue weighted by Crippen LogP contribution is 2.28. The van der Waals surface area contributed by atoms with Crippen LogP contribution >= 0.6 is 0 Å². The number of halogens is 1. The average Bonchev–Trinajstić information content (AvgIpc) is 3.21. The molecule has 1 heterocycles. The van der Waals surface area contributed by atoms with Gasteiger partial charge in [-0.05, 0) is 43.5 Å². The summed E-state index contributed by atoms with van der Waals surface area (Å²) in [5, 5.41) is 3.40. The molecule has 1 aromatic rings. The number of rotatable bonds is 4. The molecule has 0 spiro atoms. The van der Waals surface area contributed by atoms with Gasteiger partial charge in [0.05, 0.1) is 11.5 Å². The summed E-state index contributed by atoms with van der Waals surface area (Å²) in [5.74, 6) is 0.0907. The number of hydrogen-bond acceptors (Lipinski definition) is 4. The summed E-state index contributed by atoms with van der Waals surface area (Å²) in [4.78, 5) is 2.09. The second-order valence-electron chi connectivity index (χ2n) is 6.08. The van der Waals surface area contributed by atoms with Gasteiger partial charge < -0.3 is 10.2 Å². The lowest BCUT2D eigenvalue weighted by Crippen LogP contribution is -2.47. The van der Waals surface area contributed by atoms with Gasteiger partial charge in [0.15, 0.2) is 9.84 Å². The van der Waals surface area contributed by atoms with Gasteiger partial charge in [-0.3, -0.25) is 0 Å². The van der Waals surface area contributed by atoms with Crippen LogP contribution in [0, 0.1) is 5.82 Å². The number of hydrogen-bond donors (Lipinski definition) is 1. The molecule has 0 bridgehead atoms. The van der Waals surface area contributed by atoms with E-state index in [0.717, 1.165) is 11.3 Å². The number of nitrogens with one attached hydrogen (secondary N) is 1. The molecule has 1 aliphatic heterocycles. The number of anilines is 1.